The number of unbranched alkanes of at least 4 members (excludes halogenated alkanes) is 1. The summed E-state index contributed by atoms with van der Waals surface area (Å²) in [5.74, 6) is 0. The molecule has 0 fully saturated rings. The molecule has 0 aliphatic carbocycles. The third kappa shape index (κ3) is 5.04. The molecule has 1 rings (SSSR count). The predicted octanol–water partition coefficient (Wildman–Crippen LogP) is 1.92. The zero-order valence-electron chi connectivity index (χ0n) is 8.88. The molecular weight excluding hydrogens is 176 g/mol. The highest BCUT2D eigenvalue weighted by Crippen LogP contribution is 1.94. The van der Waals surface area contributed by atoms with Gasteiger partial charge in [-0.3, -0.25) is 0 Å². The zero-order chi connectivity index (χ0) is 10.1. The molecule has 3 nitrogen and oxygen atoms in total. The number of hydrogen-bond donors (Lipinski definition) is 2. The van der Waals surface area contributed by atoms with Crippen molar-refractivity contribution in [2.45, 2.75) is 26.3 Å². The summed E-state index contributed by atoms with van der Waals surface area (Å²) >= 11 is 0. The van der Waals surface area contributed by atoms with Crippen LogP contribution in [0, 0.1) is 0 Å². The van der Waals surface area contributed by atoms with E-state index < -0.39 is 0 Å². The van der Waals surface area contributed by atoms with Crippen molar-refractivity contribution in [3.63, 3.8) is 0 Å². The van der Waals surface area contributed by atoms with E-state index in [0.29, 0.717) is 0 Å². The number of H-pyrrole nitrogens is 1. The van der Waals surface area contributed by atoms with Gasteiger partial charge in [-0.05, 0) is 18.1 Å². The molecule has 0 aliphatic heterocycles. The topological polar surface area (TPSA) is 37.0 Å². The number of aromatic amines is 1. The van der Waals surface area contributed by atoms with Gasteiger partial charge in [0.1, 0.15) is 0 Å². The van der Waals surface area contributed by atoms with Crippen molar-refractivity contribution in [1.82, 2.24) is 10.3 Å². The Morgan fingerprint density at radius 1 is 1.43 bits per heavy atom. The molecule has 80 valence electrons. The molecule has 1 aromatic rings. The fourth-order valence-electron chi connectivity index (χ4n) is 1.19. The summed E-state index contributed by atoms with van der Waals surface area (Å²) in [7, 11) is 0. The quantitative estimate of drug-likeness (QED) is 0.623. The molecule has 14 heavy (non-hydrogen) atoms. The Bertz CT molecular complexity index is 209. The van der Waals surface area contributed by atoms with Crippen LogP contribution in [-0.4, -0.2) is 24.7 Å². The van der Waals surface area contributed by atoms with Crippen LogP contribution in [0.2, 0.25) is 0 Å². The maximum atomic E-state index is 5.42. The fourth-order valence-corrected chi connectivity index (χ4v) is 1.19. The normalized spacial score (nSPS) is 10.6. The highest BCUT2D eigenvalue weighted by Gasteiger charge is 1.91. The van der Waals surface area contributed by atoms with Crippen molar-refractivity contribution in [2.24, 2.45) is 0 Å². The molecule has 0 aromatic carbocycles. The molecule has 0 aliphatic rings. The first kappa shape index (κ1) is 11.3. The van der Waals surface area contributed by atoms with E-state index in [1.807, 2.05) is 12.4 Å². The number of aromatic nitrogens is 1. The first-order chi connectivity index (χ1) is 6.93. The summed E-state index contributed by atoms with van der Waals surface area (Å²) in [5.41, 5.74) is 1.29. The molecule has 0 amide bonds. The van der Waals surface area contributed by atoms with E-state index in [9.17, 15) is 0 Å². The average molecular weight is 196 g/mol. The summed E-state index contributed by atoms with van der Waals surface area (Å²) < 4.78 is 5.42. The van der Waals surface area contributed by atoms with Crippen molar-refractivity contribution < 1.29 is 4.74 Å². The molecular formula is C11H20N2O. The van der Waals surface area contributed by atoms with Crippen LogP contribution in [0.4, 0.5) is 0 Å². The van der Waals surface area contributed by atoms with Gasteiger partial charge in [-0.2, -0.15) is 0 Å². The Morgan fingerprint density at radius 2 is 2.36 bits per heavy atom. The van der Waals surface area contributed by atoms with E-state index in [0.717, 1.165) is 32.7 Å². The SMILES string of the molecule is CCCCOCCNCc1cc[nH]c1. The third-order valence-electron chi connectivity index (χ3n) is 2.06. The average Bonchev–Trinajstić information content (AvgIpc) is 2.69. The highest BCUT2D eigenvalue weighted by atomic mass is 16.5. The monoisotopic (exact) mass is 196 g/mol. The lowest BCUT2D eigenvalue weighted by Gasteiger charge is -2.04. The predicted molar refractivity (Wildman–Crippen MR) is 58.2 cm³/mol. The van der Waals surface area contributed by atoms with E-state index in [1.165, 1.54) is 12.0 Å². The first-order valence-corrected chi connectivity index (χ1v) is 5.33. The maximum Gasteiger partial charge on any atom is 0.0591 e. The molecule has 1 aromatic heterocycles. The van der Waals surface area contributed by atoms with Gasteiger partial charge in [-0.25, -0.2) is 0 Å². The van der Waals surface area contributed by atoms with Crippen LogP contribution >= 0.6 is 0 Å². The van der Waals surface area contributed by atoms with Crippen molar-refractivity contribution in [1.29, 1.82) is 0 Å². The van der Waals surface area contributed by atoms with Crippen LogP contribution < -0.4 is 5.32 Å². The second-order valence-corrected chi connectivity index (χ2v) is 3.36. The van der Waals surface area contributed by atoms with Gasteiger partial charge in [0.15, 0.2) is 0 Å². The van der Waals surface area contributed by atoms with Gasteiger partial charge < -0.3 is 15.0 Å². The lowest BCUT2D eigenvalue weighted by molar-refractivity contribution is 0.133. The Balaban J connectivity index is 1.85. The maximum absolute atomic E-state index is 5.42. The van der Waals surface area contributed by atoms with E-state index in [4.69, 9.17) is 4.74 Å². The van der Waals surface area contributed by atoms with Crippen LogP contribution in [0.3, 0.4) is 0 Å². The molecule has 0 saturated carbocycles. The van der Waals surface area contributed by atoms with Gasteiger partial charge in [-0.15, -0.1) is 0 Å². The molecule has 0 spiro atoms. The van der Waals surface area contributed by atoms with Crippen molar-refractivity contribution in [2.75, 3.05) is 19.8 Å². The summed E-state index contributed by atoms with van der Waals surface area (Å²) in [6.45, 7) is 5.72. The van der Waals surface area contributed by atoms with Gasteiger partial charge in [0, 0.05) is 32.1 Å². The molecule has 0 radical (unpaired) electrons. The number of hydrogen-bond acceptors (Lipinski definition) is 2. The summed E-state index contributed by atoms with van der Waals surface area (Å²) in [6, 6.07) is 2.07. The Kier molecular flexibility index (Phi) is 6.11. The first-order valence-electron chi connectivity index (χ1n) is 5.33. The smallest absolute Gasteiger partial charge is 0.0591 e. The van der Waals surface area contributed by atoms with Gasteiger partial charge in [0.2, 0.25) is 0 Å². The standard InChI is InChI=1S/C11H20N2O/c1-2-3-7-14-8-6-13-10-11-4-5-12-9-11/h4-5,9,12-13H,2-3,6-8,10H2,1H3. The fraction of sp³-hybridized carbons (Fsp3) is 0.636. The molecule has 2 N–H and O–H groups in total. The van der Waals surface area contributed by atoms with Crippen molar-refractivity contribution in [3.8, 4) is 0 Å². The minimum atomic E-state index is 0.810. The number of nitrogens with one attached hydrogen (secondary N) is 2. The molecule has 0 saturated heterocycles. The second kappa shape index (κ2) is 7.59. The molecule has 0 atom stereocenters. The molecule has 0 bridgehead atoms. The zero-order valence-corrected chi connectivity index (χ0v) is 8.88. The van der Waals surface area contributed by atoms with E-state index in [2.05, 4.69) is 23.3 Å². The minimum absolute atomic E-state index is 0.810. The van der Waals surface area contributed by atoms with E-state index in [-0.39, 0.29) is 0 Å². The summed E-state index contributed by atoms with van der Waals surface area (Å²) in [4.78, 5) is 3.03. The van der Waals surface area contributed by atoms with E-state index in [1.54, 1.807) is 0 Å². The lowest BCUT2D eigenvalue weighted by atomic mass is 10.3. The van der Waals surface area contributed by atoms with Crippen molar-refractivity contribution in [3.05, 3.63) is 24.0 Å². The number of ether oxygens (including phenoxy) is 1. The van der Waals surface area contributed by atoms with E-state index >= 15 is 0 Å². The molecule has 1 heterocycles. The molecule has 0 unspecified atom stereocenters. The van der Waals surface area contributed by atoms with Gasteiger partial charge in [-0.1, -0.05) is 13.3 Å². The summed E-state index contributed by atoms with van der Waals surface area (Å²) in [5, 5.41) is 3.32. The third-order valence-corrected chi connectivity index (χ3v) is 2.06. The van der Waals surface area contributed by atoms with Crippen LogP contribution in [0.1, 0.15) is 25.3 Å². The summed E-state index contributed by atoms with van der Waals surface area (Å²) in [6.07, 6.45) is 6.31. The van der Waals surface area contributed by atoms with Crippen LogP contribution in [0.15, 0.2) is 18.5 Å². The van der Waals surface area contributed by atoms with Crippen LogP contribution in [0.5, 0.6) is 0 Å². The number of rotatable bonds is 8. The highest BCUT2D eigenvalue weighted by molar-refractivity contribution is 5.07. The Labute approximate surface area is 85.9 Å². The van der Waals surface area contributed by atoms with Gasteiger partial charge in [0.05, 0.1) is 6.61 Å². The van der Waals surface area contributed by atoms with Gasteiger partial charge in [0.25, 0.3) is 0 Å². The van der Waals surface area contributed by atoms with Crippen LogP contribution in [-0.2, 0) is 11.3 Å². The Morgan fingerprint density at radius 3 is 3.07 bits per heavy atom. The molecule has 3 heteroatoms. The largest absolute Gasteiger partial charge is 0.380 e. The van der Waals surface area contributed by atoms with Crippen molar-refractivity contribution >= 4 is 0 Å². The van der Waals surface area contributed by atoms with Crippen LogP contribution in [0.25, 0.3) is 0 Å². The van der Waals surface area contributed by atoms with Gasteiger partial charge >= 0.3 is 0 Å². The lowest BCUT2D eigenvalue weighted by Crippen LogP contribution is -2.19. The Hall–Kier alpha value is -0.800. The minimum Gasteiger partial charge on any atom is -0.380 e. The second-order valence-electron chi connectivity index (χ2n) is 3.36.